The Kier molecular flexibility index (Phi) is 6.51. The van der Waals surface area contributed by atoms with Gasteiger partial charge < -0.3 is 5.32 Å². The number of nitrogens with one attached hydrogen (secondary N) is 1. The summed E-state index contributed by atoms with van der Waals surface area (Å²) in [5.41, 5.74) is 2.86. The van der Waals surface area contributed by atoms with Gasteiger partial charge in [0.2, 0.25) is 5.91 Å². The number of hydrogen-bond donors (Lipinski definition) is 1. The molecule has 1 amide bonds. The van der Waals surface area contributed by atoms with E-state index in [9.17, 15) is 9.59 Å². The van der Waals surface area contributed by atoms with Gasteiger partial charge in [-0.2, -0.15) is 10.4 Å². The minimum Gasteiger partial charge on any atom is -0.348 e. The molecule has 6 nitrogen and oxygen atoms in total. The van der Waals surface area contributed by atoms with Gasteiger partial charge in [0.25, 0.3) is 5.56 Å². The van der Waals surface area contributed by atoms with E-state index in [1.165, 1.54) is 5.56 Å². The van der Waals surface area contributed by atoms with E-state index in [0.29, 0.717) is 17.2 Å². The first kappa shape index (κ1) is 20.4. The van der Waals surface area contributed by atoms with Crippen LogP contribution in [0.1, 0.15) is 54.8 Å². The number of carbonyl (C=O) groups excluding carboxylic acids is 1. The van der Waals surface area contributed by atoms with Gasteiger partial charge in [0, 0.05) is 0 Å². The maximum atomic E-state index is 12.4. The van der Waals surface area contributed by atoms with Gasteiger partial charge in [-0.15, -0.1) is 0 Å². The van der Waals surface area contributed by atoms with Gasteiger partial charge in [-0.25, -0.2) is 4.68 Å². The van der Waals surface area contributed by atoms with Crippen molar-refractivity contribution in [3.63, 3.8) is 0 Å². The highest BCUT2D eigenvalue weighted by Crippen LogP contribution is 2.15. The van der Waals surface area contributed by atoms with Crippen LogP contribution in [0.3, 0.4) is 0 Å². The molecule has 0 aliphatic heterocycles. The summed E-state index contributed by atoms with van der Waals surface area (Å²) in [4.78, 5) is 24.7. The molecule has 142 valence electrons. The van der Waals surface area contributed by atoms with E-state index < -0.39 is 5.56 Å². The molecule has 0 saturated heterocycles. The third kappa shape index (κ3) is 5.04. The molecule has 27 heavy (non-hydrogen) atoms. The molecule has 0 unspecified atom stereocenters. The Morgan fingerprint density at radius 2 is 1.85 bits per heavy atom. The average molecular weight is 366 g/mol. The van der Waals surface area contributed by atoms with E-state index in [4.69, 9.17) is 5.26 Å². The standard InChI is InChI=1S/C21H26N4O2/c1-13(2)10-17-6-8-18(9-7-17)16(5)23-20(26)12-25-21(27)19(11-22)14(3)15(4)24-25/h6-9,13,16H,10,12H2,1-5H3,(H,23,26)/t16-/m1/s1. The topological polar surface area (TPSA) is 87.8 Å². The van der Waals surface area contributed by atoms with Crippen molar-refractivity contribution in [3.05, 3.63) is 62.6 Å². The number of carbonyl (C=O) groups is 1. The van der Waals surface area contributed by atoms with Gasteiger partial charge in [-0.05, 0) is 49.8 Å². The van der Waals surface area contributed by atoms with E-state index in [1.54, 1.807) is 13.8 Å². The molecular weight excluding hydrogens is 340 g/mol. The highest BCUT2D eigenvalue weighted by Gasteiger charge is 2.15. The molecule has 0 spiro atoms. The first-order chi connectivity index (χ1) is 12.7. The summed E-state index contributed by atoms with van der Waals surface area (Å²) in [5, 5.41) is 16.2. The summed E-state index contributed by atoms with van der Waals surface area (Å²) in [5.74, 6) is 0.269. The van der Waals surface area contributed by atoms with Crippen molar-refractivity contribution in [3.8, 4) is 6.07 Å². The molecule has 2 aromatic rings. The van der Waals surface area contributed by atoms with Gasteiger partial charge in [-0.3, -0.25) is 9.59 Å². The van der Waals surface area contributed by atoms with Crippen LogP contribution >= 0.6 is 0 Å². The molecule has 1 aromatic heterocycles. The maximum Gasteiger partial charge on any atom is 0.285 e. The normalized spacial score (nSPS) is 11.9. The zero-order valence-electron chi connectivity index (χ0n) is 16.5. The van der Waals surface area contributed by atoms with Crippen LogP contribution in [0.5, 0.6) is 0 Å². The Labute approximate surface area is 159 Å². The van der Waals surface area contributed by atoms with Crippen molar-refractivity contribution in [1.29, 1.82) is 5.26 Å². The van der Waals surface area contributed by atoms with Crippen molar-refractivity contribution in [2.24, 2.45) is 5.92 Å². The summed E-state index contributed by atoms with van der Waals surface area (Å²) < 4.78 is 1.05. The number of hydrogen-bond acceptors (Lipinski definition) is 4. The fourth-order valence-electron chi connectivity index (χ4n) is 2.93. The zero-order valence-corrected chi connectivity index (χ0v) is 16.5. The first-order valence-electron chi connectivity index (χ1n) is 9.09. The van der Waals surface area contributed by atoms with Crippen LogP contribution in [-0.2, 0) is 17.8 Å². The minimum atomic E-state index is -0.540. The second-order valence-electron chi connectivity index (χ2n) is 7.29. The van der Waals surface area contributed by atoms with Crippen LogP contribution < -0.4 is 10.9 Å². The molecule has 0 aliphatic rings. The monoisotopic (exact) mass is 366 g/mol. The fourth-order valence-corrected chi connectivity index (χ4v) is 2.93. The van der Waals surface area contributed by atoms with E-state index in [1.807, 2.05) is 25.1 Å². The second-order valence-corrected chi connectivity index (χ2v) is 7.29. The van der Waals surface area contributed by atoms with Crippen LogP contribution in [0, 0.1) is 31.1 Å². The van der Waals surface area contributed by atoms with Crippen molar-refractivity contribution in [2.45, 2.75) is 53.6 Å². The molecule has 0 radical (unpaired) electrons. The highest BCUT2D eigenvalue weighted by atomic mass is 16.2. The molecule has 1 heterocycles. The maximum absolute atomic E-state index is 12.4. The van der Waals surface area contributed by atoms with E-state index in [2.05, 4.69) is 36.4 Å². The number of benzene rings is 1. The number of rotatable bonds is 6. The number of aryl methyl sites for hydroxylation is 1. The molecule has 1 N–H and O–H groups in total. The molecule has 0 fully saturated rings. The molecule has 1 atom stereocenters. The Bertz CT molecular complexity index is 921. The number of nitrogens with zero attached hydrogens (tertiary/aromatic N) is 3. The van der Waals surface area contributed by atoms with E-state index in [0.717, 1.165) is 16.7 Å². The Balaban J connectivity index is 2.09. The average Bonchev–Trinajstić information content (AvgIpc) is 2.60. The Morgan fingerprint density at radius 3 is 2.41 bits per heavy atom. The van der Waals surface area contributed by atoms with Gasteiger partial charge >= 0.3 is 0 Å². The van der Waals surface area contributed by atoms with Gasteiger partial charge in [0.15, 0.2) is 0 Å². The fraction of sp³-hybridized carbons (Fsp3) is 0.429. The van der Waals surface area contributed by atoms with Crippen LogP contribution in [0.25, 0.3) is 0 Å². The number of amides is 1. The molecule has 0 bridgehead atoms. The second kappa shape index (κ2) is 8.63. The van der Waals surface area contributed by atoms with E-state index in [-0.39, 0.29) is 24.1 Å². The summed E-state index contributed by atoms with van der Waals surface area (Å²) >= 11 is 0. The summed E-state index contributed by atoms with van der Waals surface area (Å²) in [6, 6.07) is 9.88. The molecule has 1 aromatic carbocycles. The lowest BCUT2D eigenvalue weighted by molar-refractivity contribution is -0.122. The van der Waals surface area contributed by atoms with Crippen LogP contribution in [0.15, 0.2) is 29.1 Å². The number of aromatic nitrogens is 2. The predicted octanol–water partition coefficient (Wildman–Crippen LogP) is 2.81. The lowest BCUT2D eigenvalue weighted by Gasteiger charge is -2.16. The first-order valence-corrected chi connectivity index (χ1v) is 9.09. The third-order valence-corrected chi connectivity index (χ3v) is 4.54. The Morgan fingerprint density at radius 1 is 1.22 bits per heavy atom. The smallest absolute Gasteiger partial charge is 0.285 e. The minimum absolute atomic E-state index is 0.0316. The van der Waals surface area contributed by atoms with Crippen molar-refractivity contribution >= 4 is 5.91 Å². The van der Waals surface area contributed by atoms with Crippen molar-refractivity contribution in [2.75, 3.05) is 0 Å². The summed E-state index contributed by atoms with van der Waals surface area (Å²) in [6.07, 6.45) is 1.02. The van der Waals surface area contributed by atoms with E-state index >= 15 is 0 Å². The highest BCUT2D eigenvalue weighted by molar-refractivity contribution is 5.76. The largest absolute Gasteiger partial charge is 0.348 e. The Hall–Kier alpha value is -2.94. The van der Waals surface area contributed by atoms with Crippen molar-refractivity contribution in [1.82, 2.24) is 15.1 Å². The van der Waals surface area contributed by atoms with Crippen molar-refractivity contribution < 1.29 is 4.79 Å². The van der Waals surface area contributed by atoms with Crippen LogP contribution in [0.4, 0.5) is 0 Å². The van der Waals surface area contributed by atoms with Crippen LogP contribution in [-0.4, -0.2) is 15.7 Å². The van der Waals surface area contributed by atoms with Gasteiger partial charge in [-0.1, -0.05) is 38.1 Å². The SMILES string of the molecule is Cc1nn(CC(=O)N[C@H](C)c2ccc(CC(C)C)cc2)c(=O)c(C#N)c1C. The lowest BCUT2D eigenvalue weighted by atomic mass is 10.00. The van der Waals surface area contributed by atoms with Gasteiger partial charge in [0.1, 0.15) is 18.2 Å². The quantitative estimate of drug-likeness (QED) is 0.851. The summed E-state index contributed by atoms with van der Waals surface area (Å²) in [7, 11) is 0. The number of nitriles is 1. The molecule has 0 saturated carbocycles. The molecule has 6 heteroatoms. The van der Waals surface area contributed by atoms with Crippen LogP contribution in [0.2, 0.25) is 0 Å². The summed E-state index contributed by atoms with van der Waals surface area (Å²) in [6.45, 7) is 9.43. The zero-order chi connectivity index (χ0) is 20.1. The van der Waals surface area contributed by atoms with Gasteiger partial charge in [0.05, 0.1) is 11.7 Å². The molecular formula is C21H26N4O2. The molecule has 2 rings (SSSR count). The third-order valence-electron chi connectivity index (χ3n) is 4.54. The predicted molar refractivity (Wildman–Crippen MR) is 104 cm³/mol. The molecule has 0 aliphatic carbocycles. The lowest BCUT2D eigenvalue weighted by Crippen LogP contribution is -2.36.